The molecule has 1 fully saturated rings. The van der Waals surface area contributed by atoms with E-state index in [0.717, 1.165) is 0 Å². The lowest BCUT2D eigenvalue weighted by Crippen LogP contribution is -2.51. The molecule has 0 aromatic carbocycles. The fourth-order valence-electron chi connectivity index (χ4n) is 1.06. The molecule has 1 rings (SSSR count). The van der Waals surface area contributed by atoms with Crippen LogP contribution in [0.25, 0.3) is 0 Å². The van der Waals surface area contributed by atoms with E-state index in [0.29, 0.717) is 13.1 Å². The molecule has 0 bridgehead atoms. The van der Waals surface area contributed by atoms with Gasteiger partial charge in [-0.3, -0.25) is 0 Å². The van der Waals surface area contributed by atoms with Gasteiger partial charge in [-0.25, -0.2) is 4.79 Å². The van der Waals surface area contributed by atoms with Crippen molar-refractivity contribution in [1.82, 2.24) is 4.90 Å². The average molecular weight is 211 g/mol. The van der Waals surface area contributed by atoms with Crippen molar-refractivity contribution < 1.29 is 9.53 Å². The molecule has 1 aliphatic heterocycles. The summed E-state index contributed by atoms with van der Waals surface area (Å²) in [5.41, 5.74) is -0.418. The maximum absolute atomic E-state index is 11.3. The lowest BCUT2D eigenvalue weighted by molar-refractivity contribution is 0.00594. The Morgan fingerprint density at radius 1 is 1.40 bits per heavy atom. The number of terminal acetylenes is 1. The highest BCUT2D eigenvalue weighted by atomic mass is 16.6. The molecule has 1 heterocycles. The first-order valence-electron chi connectivity index (χ1n) is 5.36. The predicted molar refractivity (Wildman–Crippen MR) is 61.5 cm³/mol. The minimum Gasteiger partial charge on any atom is -0.444 e. The normalized spacial score (nSPS) is 15.6. The van der Waals surface area contributed by atoms with Crippen molar-refractivity contribution in [1.29, 1.82) is 0 Å². The summed E-state index contributed by atoms with van der Waals surface area (Å²) < 4.78 is 5.15. The lowest BCUT2D eigenvalue weighted by Gasteiger charge is -2.37. The van der Waals surface area contributed by atoms with E-state index in [1.54, 1.807) is 4.90 Å². The molecule has 0 atom stereocenters. The number of hydrogen-bond acceptors (Lipinski definition) is 2. The van der Waals surface area contributed by atoms with Crippen molar-refractivity contribution in [2.45, 2.75) is 40.2 Å². The summed E-state index contributed by atoms with van der Waals surface area (Å²) in [4.78, 5) is 13.0. The number of carbonyl (C=O) groups is 1. The second kappa shape index (κ2) is 5.65. The van der Waals surface area contributed by atoms with Gasteiger partial charge in [0, 0.05) is 13.1 Å². The van der Waals surface area contributed by atoms with Crippen LogP contribution in [0, 0.1) is 18.3 Å². The third-order valence-corrected chi connectivity index (χ3v) is 1.77. The molecule has 0 N–H and O–H groups in total. The van der Waals surface area contributed by atoms with Crippen LogP contribution in [0.1, 0.15) is 34.6 Å². The minimum atomic E-state index is -0.418. The molecule has 1 saturated heterocycles. The summed E-state index contributed by atoms with van der Waals surface area (Å²) in [5.74, 6) is 2.81. The molecular formula is C12H21NO2. The first-order chi connectivity index (χ1) is 6.92. The van der Waals surface area contributed by atoms with Gasteiger partial charge >= 0.3 is 6.09 Å². The van der Waals surface area contributed by atoms with Crippen LogP contribution >= 0.6 is 0 Å². The van der Waals surface area contributed by atoms with Crippen LogP contribution in [0.3, 0.4) is 0 Å². The molecule has 0 aromatic heterocycles. The molecule has 3 heteroatoms. The van der Waals surface area contributed by atoms with E-state index < -0.39 is 5.60 Å². The predicted octanol–water partition coefficient (Wildman–Crippen LogP) is 2.51. The summed E-state index contributed by atoms with van der Waals surface area (Å²) in [7, 11) is 0. The number of carbonyl (C=O) groups excluding carboxylic acids is 1. The van der Waals surface area contributed by atoms with Gasteiger partial charge in [-0.2, -0.15) is 0 Å². The molecule has 15 heavy (non-hydrogen) atoms. The van der Waals surface area contributed by atoms with Crippen LogP contribution in [-0.2, 0) is 4.74 Å². The van der Waals surface area contributed by atoms with Crippen molar-refractivity contribution in [2.75, 3.05) is 13.1 Å². The van der Waals surface area contributed by atoms with Crippen LogP contribution in [0.2, 0.25) is 0 Å². The molecule has 1 amide bonds. The van der Waals surface area contributed by atoms with Crippen molar-refractivity contribution in [3.05, 3.63) is 0 Å². The number of ether oxygens (including phenoxy) is 1. The third-order valence-electron chi connectivity index (χ3n) is 1.77. The molecular weight excluding hydrogens is 190 g/mol. The highest BCUT2D eigenvalue weighted by Gasteiger charge is 2.32. The van der Waals surface area contributed by atoms with Crippen LogP contribution in [-0.4, -0.2) is 29.7 Å². The van der Waals surface area contributed by atoms with E-state index >= 15 is 0 Å². The summed E-state index contributed by atoms with van der Waals surface area (Å²) in [5, 5.41) is 0. The lowest BCUT2D eigenvalue weighted by atomic mass is 10.0. The smallest absolute Gasteiger partial charge is 0.410 e. The number of rotatable bonds is 0. The maximum atomic E-state index is 11.3. The van der Waals surface area contributed by atoms with E-state index in [4.69, 9.17) is 11.2 Å². The summed E-state index contributed by atoms with van der Waals surface area (Å²) in [6.07, 6.45) is 4.93. The Hall–Kier alpha value is -1.17. The number of amides is 1. The quantitative estimate of drug-likeness (QED) is 0.576. The Balaban J connectivity index is 0.000000921. The highest BCUT2D eigenvalue weighted by Crippen LogP contribution is 2.18. The van der Waals surface area contributed by atoms with Crippen molar-refractivity contribution in [3.8, 4) is 12.3 Å². The monoisotopic (exact) mass is 211 g/mol. The topological polar surface area (TPSA) is 29.5 Å². The van der Waals surface area contributed by atoms with Gasteiger partial charge in [-0.15, -0.1) is 6.42 Å². The highest BCUT2D eigenvalue weighted by molar-refractivity contribution is 5.69. The van der Waals surface area contributed by atoms with Crippen LogP contribution in [0.5, 0.6) is 0 Å². The molecule has 0 unspecified atom stereocenters. The van der Waals surface area contributed by atoms with Gasteiger partial charge in [0.05, 0.1) is 5.92 Å². The van der Waals surface area contributed by atoms with E-state index in [-0.39, 0.29) is 12.0 Å². The fraction of sp³-hybridized carbons (Fsp3) is 0.750. The first-order valence-corrected chi connectivity index (χ1v) is 5.36. The minimum absolute atomic E-state index is 0.215. The Morgan fingerprint density at radius 2 is 1.87 bits per heavy atom. The second-order valence-electron chi connectivity index (χ2n) is 4.25. The maximum Gasteiger partial charge on any atom is 0.410 e. The van der Waals surface area contributed by atoms with Crippen LogP contribution in [0.4, 0.5) is 4.79 Å². The SMILES string of the molecule is C#CC1CN(C(=O)OC(C)(C)C)C1.CC. The standard InChI is InChI=1S/C10H15NO2.C2H6/c1-5-8-6-11(7-8)9(12)13-10(2,3)4;1-2/h1,8H,6-7H2,2-4H3;1-2H3. The molecule has 0 aliphatic carbocycles. The van der Waals surface area contributed by atoms with Gasteiger partial charge in [-0.1, -0.05) is 19.8 Å². The Bertz CT molecular complexity index is 241. The van der Waals surface area contributed by atoms with Crippen molar-refractivity contribution in [2.24, 2.45) is 5.92 Å². The van der Waals surface area contributed by atoms with Gasteiger partial charge < -0.3 is 9.64 Å². The van der Waals surface area contributed by atoms with Gasteiger partial charge in [0.2, 0.25) is 0 Å². The van der Waals surface area contributed by atoms with Gasteiger partial charge in [0.15, 0.2) is 0 Å². The number of hydrogen-bond donors (Lipinski definition) is 0. The van der Waals surface area contributed by atoms with E-state index in [1.165, 1.54) is 0 Å². The molecule has 0 spiro atoms. The first kappa shape index (κ1) is 13.8. The summed E-state index contributed by atoms with van der Waals surface area (Å²) >= 11 is 0. The zero-order valence-electron chi connectivity index (χ0n) is 10.3. The van der Waals surface area contributed by atoms with Gasteiger partial charge in [0.1, 0.15) is 5.60 Å². The number of nitrogens with zero attached hydrogens (tertiary/aromatic N) is 1. The van der Waals surface area contributed by atoms with E-state index in [2.05, 4.69) is 5.92 Å². The Kier molecular flexibility index (Phi) is 5.21. The van der Waals surface area contributed by atoms with Gasteiger partial charge in [0.25, 0.3) is 0 Å². The third kappa shape index (κ3) is 4.73. The largest absolute Gasteiger partial charge is 0.444 e. The summed E-state index contributed by atoms with van der Waals surface area (Å²) in [6.45, 7) is 10.8. The van der Waals surface area contributed by atoms with E-state index in [1.807, 2.05) is 34.6 Å². The average Bonchev–Trinajstić information content (AvgIpc) is 2.02. The zero-order valence-corrected chi connectivity index (χ0v) is 10.3. The molecule has 86 valence electrons. The van der Waals surface area contributed by atoms with Crippen molar-refractivity contribution in [3.63, 3.8) is 0 Å². The second-order valence-corrected chi connectivity index (χ2v) is 4.25. The van der Waals surface area contributed by atoms with Crippen molar-refractivity contribution >= 4 is 6.09 Å². The van der Waals surface area contributed by atoms with Crippen LogP contribution in [0.15, 0.2) is 0 Å². The molecule has 0 saturated carbocycles. The van der Waals surface area contributed by atoms with E-state index in [9.17, 15) is 4.79 Å². The van der Waals surface area contributed by atoms with Crippen LogP contribution < -0.4 is 0 Å². The fourth-order valence-corrected chi connectivity index (χ4v) is 1.06. The number of likely N-dealkylation sites (tertiary alicyclic amines) is 1. The molecule has 3 nitrogen and oxygen atoms in total. The summed E-state index contributed by atoms with van der Waals surface area (Å²) in [6, 6.07) is 0. The Morgan fingerprint density at radius 3 is 2.20 bits per heavy atom. The molecule has 0 radical (unpaired) electrons. The van der Waals surface area contributed by atoms with Gasteiger partial charge in [-0.05, 0) is 20.8 Å². The molecule has 0 aromatic rings. The Labute approximate surface area is 92.8 Å². The molecule has 1 aliphatic rings. The zero-order chi connectivity index (χ0) is 12.1.